The number of anilines is 1. The first-order valence-corrected chi connectivity index (χ1v) is 9.42. The topological polar surface area (TPSA) is 96.4 Å². The molecule has 28 heavy (non-hydrogen) atoms. The summed E-state index contributed by atoms with van der Waals surface area (Å²) in [5.74, 6) is -1.10. The minimum Gasteiger partial charge on any atom is -0.497 e. The number of carbonyl (C=O) groups excluding carboxylic acids is 2. The van der Waals surface area contributed by atoms with Gasteiger partial charge in [-0.2, -0.15) is 0 Å². The Morgan fingerprint density at radius 3 is 2.36 bits per heavy atom. The van der Waals surface area contributed by atoms with Gasteiger partial charge in [-0.25, -0.2) is 0 Å². The lowest BCUT2D eigenvalue weighted by molar-refractivity contribution is -0.150. The molecule has 2 heterocycles. The maximum Gasteiger partial charge on any atom is 0.308 e. The molecule has 2 saturated heterocycles. The van der Waals surface area contributed by atoms with Crippen LogP contribution in [0.4, 0.5) is 5.69 Å². The number of benzene rings is 1. The third-order valence-corrected chi connectivity index (χ3v) is 5.71. The minimum atomic E-state index is -0.877. The van der Waals surface area contributed by atoms with Gasteiger partial charge in [0.05, 0.1) is 31.7 Å². The molecule has 0 bridgehead atoms. The molecule has 0 spiro atoms. The van der Waals surface area contributed by atoms with E-state index in [2.05, 4.69) is 0 Å². The Morgan fingerprint density at radius 1 is 1.14 bits per heavy atom. The number of carbonyl (C=O) groups is 3. The molecule has 1 unspecified atom stereocenters. The summed E-state index contributed by atoms with van der Waals surface area (Å²) in [6.45, 7) is 2.56. The Balaban J connectivity index is 1.77. The molecule has 152 valence electrons. The first-order chi connectivity index (χ1) is 13.3. The number of hydrogen-bond donors (Lipinski definition) is 1. The molecular formula is C20H26N2O6. The first kappa shape index (κ1) is 20.0. The number of carboxylic acid groups (broad SMARTS) is 1. The second kappa shape index (κ2) is 8.08. The van der Waals surface area contributed by atoms with Crippen molar-refractivity contribution in [2.45, 2.75) is 32.2 Å². The lowest BCUT2D eigenvalue weighted by atomic mass is 9.89. The summed E-state index contributed by atoms with van der Waals surface area (Å²) < 4.78 is 10.5. The molecule has 2 fully saturated rings. The number of rotatable bonds is 5. The molecule has 3 atom stereocenters. The van der Waals surface area contributed by atoms with E-state index >= 15 is 0 Å². The smallest absolute Gasteiger partial charge is 0.308 e. The molecule has 0 radical (unpaired) electrons. The Bertz CT molecular complexity index is 758. The van der Waals surface area contributed by atoms with Crippen LogP contribution in [0.25, 0.3) is 0 Å². The highest BCUT2D eigenvalue weighted by molar-refractivity contribution is 6.00. The van der Waals surface area contributed by atoms with Crippen LogP contribution >= 0.6 is 0 Å². The quantitative estimate of drug-likeness (QED) is 0.823. The molecule has 0 aromatic heterocycles. The fourth-order valence-corrected chi connectivity index (χ4v) is 4.09. The zero-order chi connectivity index (χ0) is 20.4. The summed E-state index contributed by atoms with van der Waals surface area (Å²) >= 11 is 0. The average molecular weight is 390 g/mol. The minimum absolute atomic E-state index is 0.110. The SMILES string of the molecule is COc1cc(OC)cc(N2CC(C(=O)N3CCC[C@H](C(=O)O)[C@@H]3C)CC2=O)c1. The Morgan fingerprint density at radius 2 is 1.79 bits per heavy atom. The van der Waals surface area contributed by atoms with Gasteiger partial charge < -0.3 is 24.4 Å². The van der Waals surface area contributed by atoms with Crippen molar-refractivity contribution in [2.24, 2.45) is 11.8 Å². The summed E-state index contributed by atoms with van der Waals surface area (Å²) in [4.78, 5) is 40.3. The van der Waals surface area contributed by atoms with Gasteiger partial charge in [-0.3, -0.25) is 14.4 Å². The van der Waals surface area contributed by atoms with E-state index in [1.165, 1.54) is 14.2 Å². The van der Waals surface area contributed by atoms with Crippen molar-refractivity contribution in [2.75, 3.05) is 32.2 Å². The van der Waals surface area contributed by atoms with E-state index in [0.29, 0.717) is 36.6 Å². The van der Waals surface area contributed by atoms with Crippen molar-refractivity contribution < 1.29 is 29.0 Å². The predicted molar refractivity (Wildman–Crippen MR) is 102 cm³/mol. The van der Waals surface area contributed by atoms with Crippen LogP contribution in [-0.4, -0.2) is 61.1 Å². The molecule has 2 aliphatic rings. The number of aliphatic carboxylic acids is 1. The van der Waals surface area contributed by atoms with Gasteiger partial charge in [-0.1, -0.05) is 0 Å². The molecule has 0 aliphatic carbocycles. The summed E-state index contributed by atoms with van der Waals surface area (Å²) in [6.07, 6.45) is 1.34. The normalized spacial score (nSPS) is 25.0. The zero-order valence-corrected chi connectivity index (χ0v) is 16.4. The second-order valence-electron chi connectivity index (χ2n) is 7.34. The summed E-state index contributed by atoms with van der Waals surface area (Å²) in [5, 5.41) is 9.38. The molecular weight excluding hydrogens is 364 g/mol. The van der Waals surface area contributed by atoms with Crippen LogP contribution in [0.1, 0.15) is 26.2 Å². The van der Waals surface area contributed by atoms with Crippen molar-refractivity contribution in [3.63, 3.8) is 0 Å². The molecule has 2 amide bonds. The van der Waals surface area contributed by atoms with Crippen LogP contribution in [-0.2, 0) is 14.4 Å². The predicted octanol–water partition coefficient (Wildman–Crippen LogP) is 1.77. The van der Waals surface area contributed by atoms with Gasteiger partial charge in [-0.15, -0.1) is 0 Å². The Labute approximate surface area is 164 Å². The number of piperidine rings is 1. The van der Waals surface area contributed by atoms with Crippen LogP contribution in [0.5, 0.6) is 11.5 Å². The number of amides is 2. The number of methoxy groups -OCH3 is 2. The first-order valence-electron chi connectivity index (χ1n) is 9.42. The van der Waals surface area contributed by atoms with E-state index in [-0.39, 0.29) is 30.8 Å². The standard InChI is InChI=1S/C20H26N2O6/c1-12-17(20(25)26)5-4-6-21(12)19(24)13-7-18(23)22(11-13)14-8-15(27-2)10-16(9-14)28-3/h8-10,12-13,17H,4-7,11H2,1-3H3,(H,25,26)/t12-,13?,17-/m0/s1. The summed E-state index contributed by atoms with van der Waals surface area (Å²) in [6, 6.07) is 4.81. The van der Waals surface area contributed by atoms with Gasteiger partial charge in [0.1, 0.15) is 11.5 Å². The molecule has 8 heteroatoms. The van der Waals surface area contributed by atoms with Crippen molar-refractivity contribution in [1.82, 2.24) is 4.90 Å². The summed E-state index contributed by atoms with van der Waals surface area (Å²) in [5.41, 5.74) is 0.617. The van der Waals surface area contributed by atoms with Crippen LogP contribution in [0.2, 0.25) is 0 Å². The Kier molecular flexibility index (Phi) is 5.76. The van der Waals surface area contributed by atoms with E-state index < -0.39 is 17.8 Å². The molecule has 8 nitrogen and oxygen atoms in total. The Hall–Kier alpha value is -2.77. The lowest BCUT2D eigenvalue weighted by Gasteiger charge is -2.38. The van der Waals surface area contributed by atoms with Gasteiger partial charge in [0.2, 0.25) is 11.8 Å². The largest absolute Gasteiger partial charge is 0.497 e. The number of ether oxygens (including phenoxy) is 2. The molecule has 1 aromatic carbocycles. The number of nitrogens with zero attached hydrogens (tertiary/aromatic N) is 2. The summed E-state index contributed by atoms with van der Waals surface area (Å²) in [7, 11) is 3.07. The number of carboxylic acids is 1. The zero-order valence-electron chi connectivity index (χ0n) is 16.4. The van der Waals surface area contributed by atoms with Crippen LogP contribution in [0.3, 0.4) is 0 Å². The average Bonchev–Trinajstić information content (AvgIpc) is 3.08. The van der Waals surface area contributed by atoms with Gasteiger partial charge in [-0.05, 0) is 19.8 Å². The molecule has 3 rings (SSSR count). The lowest BCUT2D eigenvalue weighted by Crippen LogP contribution is -2.51. The number of hydrogen-bond acceptors (Lipinski definition) is 5. The highest BCUT2D eigenvalue weighted by Gasteiger charge is 2.42. The van der Waals surface area contributed by atoms with Crippen molar-refractivity contribution in [3.8, 4) is 11.5 Å². The molecule has 2 aliphatic heterocycles. The van der Waals surface area contributed by atoms with E-state index in [9.17, 15) is 19.5 Å². The van der Waals surface area contributed by atoms with Crippen LogP contribution in [0.15, 0.2) is 18.2 Å². The van der Waals surface area contributed by atoms with Crippen LogP contribution in [0, 0.1) is 11.8 Å². The third kappa shape index (κ3) is 3.76. The highest BCUT2D eigenvalue weighted by atomic mass is 16.5. The third-order valence-electron chi connectivity index (χ3n) is 5.71. The van der Waals surface area contributed by atoms with E-state index in [4.69, 9.17) is 9.47 Å². The van der Waals surface area contributed by atoms with Gasteiger partial charge in [0, 0.05) is 43.8 Å². The maximum absolute atomic E-state index is 13.1. The maximum atomic E-state index is 13.1. The van der Waals surface area contributed by atoms with E-state index in [1.807, 2.05) is 0 Å². The fraction of sp³-hybridized carbons (Fsp3) is 0.550. The molecule has 1 aromatic rings. The van der Waals surface area contributed by atoms with Crippen molar-refractivity contribution in [1.29, 1.82) is 0 Å². The van der Waals surface area contributed by atoms with Crippen molar-refractivity contribution in [3.05, 3.63) is 18.2 Å². The highest BCUT2D eigenvalue weighted by Crippen LogP contribution is 2.34. The van der Waals surface area contributed by atoms with E-state index in [0.717, 1.165) is 0 Å². The van der Waals surface area contributed by atoms with Gasteiger partial charge in [0.25, 0.3) is 0 Å². The molecule has 0 saturated carbocycles. The van der Waals surface area contributed by atoms with E-state index in [1.54, 1.807) is 34.9 Å². The molecule has 1 N–H and O–H groups in total. The van der Waals surface area contributed by atoms with Crippen molar-refractivity contribution >= 4 is 23.5 Å². The van der Waals surface area contributed by atoms with Gasteiger partial charge >= 0.3 is 5.97 Å². The van der Waals surface area contributed by atoms with Gasteiger partial charge in [0.15, 0.2) is 0 Å². The van der Waals surface area contributed by atoms with Crippen LogP contribution < -0.4 is 14.4 Å². The number of likely N-dealkylation sites (tertiary alicyclic amines) is 1. The monoisotopic (exact) mass is 390 g/mol. The fourth-order valence-electron chi connectivity index (χ4n) is 4.09. The second-order valence-corrected chi connectivity index (χ2v) is 7.34.